The number of aromatic amines is 1. The van der Waals surface area contributed by atoms with E-state index in [0.717, 1.165) is 0 Å². The number of alkyl halides is 2. The van der Waals surface area contributed by atoms with Gasteiger partial charge in [-0.25, -0.2) is 13.8 Å². The lowest BCUT2D eigenvalue weighted by Crippen LogP contribution is -2.55. The van der Waals surface area contributed by atoms with Gasteiger partial charge in [0.2, 0.25) is 5.95 Å². The van der Waals surface area contributed by atoms with E-state index in [1.54, 1.807) is 0 Å². The number of nitrogens with zero attached hydrogens (tertiary/aromatic N) is 3. The molecular formula is C10H11F2N5O2. The molecule has 3 rings (SSSR count). The summed E-state index contributed by atoms with van der Waals surface area (Å²) in [5.74, 6) is -0.123. The maximum absolute atomic E-state index is 13.8. The highest BCUT2D eigenvalue weighted by Gasteiger charge is 2.57. The molecule has 0 spiro atoms. The first-order valence-electron chi connectivity index (χ1n) is 5.62. The second kappa shape index (κ2) is 3.73. The van der Waals surface area contributed by atoms with E-state index in [1.165, 1.54) is 10.9 Å². The normalized spacial score (nSPS) is 30.5. The number of aliphatic hydroxyl groups excluding tert-OH is 1. The van der Waals surface area contributed by atoms with Crippen molar-refractivity contribution in [3.63, 3.8) is 0 Å². The lowest BCUT2D eigenvalue weighted by atomic mass is 9.75. The molecule has 0 saturated heterocycles. The summed E-state index contributed by atoms with van der Waals surface area (Å²) < 4.78 is 28.7. The van der Waals surface area contributed by atoms with Gasteiger partial charge in [0, 0.05) is 6.42 Å². The molecular weight excluding hydrogens is 260 g/mol. The van der Waals surface area contributed by atoms with Gasteiger partial charge in [0.1, 0.15) is 0 Å². The highest BCUT2D eigenvalue weighted by atomic mass is 19.2. The van der Waals surface area contributed by atoms with Gasteiger partial charge in [0.25, 0.3) is 5.56 Å². The predicted octanol–water partition coefficient (Wildman–Crippen LogP) is -0.315. The molecule has 7 nitrogen and oxygen atoms in total. The van der Waals surface area contributed by atoms with E-state index in [9.17, 15) is 13.6 Å². The Morgan fingerprint density at radius 3 is 3.05 bits per heavy atom. The molecule has 1 aliphatic carbocycles. The van der Waals surface area contributed by atoms with Crippen LogP contribution in [0.1, 0.15) is 12.5 Å². The fraction of sp³-hybridized carbons (Fsp3) is 0.500. The van der Waals surface area contributed by atoms with Crippen molar-refractivity contribution in [3.05, 3.63) is 16.7 Å². The quantitative estimate of drug-likeness (QED) is 0.693. The Bertz CT molecular complexity index is 699. The Hall–Kier alpha value is -2.03. The zero-order valence-corrected chi connectivity index (χ0v) is 9.68. The average molecular weight is 271 g/mol. The van der Waals surface area contributed by atoms with Crippen molar-refractivity contribution in [2.24, 2.45) is 0 Å². The largest absolute Gasteiger partial charge is 0.393 e. The van der Waals surface area contributed by atoms with E-state index in [1.807, 2.05) is 0 Å². The second-order valence-corrected chi connectivity index (χ2v) is 4.64. The molecule has 4 N–H and O–H groups in total. The van der Waals surface area contributed by atoms with Crippen molar-refractivity contribution in [2.45, 2.75) is 24.3 Å². The smallest absolute Gasteiger partial charge is 0.280 e. The lowest BCUT2D eigenvalue weighted by Gasteiger charge is -2.44. The number of fused-ring (bicyclic) bond motifs is 1. The zero-order valence-electron chi connectivity index (χ0n) is 9.68. The second-order valence-electron chi connectivity index (χ2n) is 4.64. The van der Waals surface area contributed by atoms with Gasteiger partial charge in [0.05, 0.1) is 19.0 Å². The van der Waals surface area contributed by atoms with E-state index < -0.39 is 30.0 Å². The molecule has 3 atom stereocenters. The van der Waals surface area contributed by atoms with Crippen molar-refractivity contribution < 1.29 is 13.9 Å². The van der Waals surface area contributed by atoms with Crippen LogP contribution in [0.15, 0.2) is 11.1 Å². The van der Waals surface area contributed by atoms with Crippen LogP contribution >= 0.6 is 0 Å². The van der Waals surface area contributed by atoms with Crippen LogP contribution < -0.4 is 11.3 Å². The minimum Gasteiger partial charge on any atom is -0.393 e. The molecule has 2 aromatic heterocycles. The minimum absolute atomic E-state index is 0.0155. The van der Waals surface area contributed by atoms with Crippen LogP contribution in [0.4, 0.5) is 14.7 Å². The Kier molecular flexibility index (Phi) is 2.36. The SMILES string of the molecule is Nc1nc2c(ncn2[C@@H]2C[C@](F)(CO)[C@@H]2F)c(=O)[nH]1. The molecule has 0 aliphatic heterocycles. The number of imidazole rings is 1. The molecule has 0 aromatic carbocycles. The number of nitrogens with one attached hydrogen (secondary N) is 1. The highest BCUT2D eigenvalue weighted by molar-refractivity contribution is 5.70. The third kappa shape index (κ3) is 1.54. The van der Waals surface area contributed by atoms with Crippen LogP contribution in [-0.4, -0.2) is 43.1 Å². The monoisotopic (exact) mass is 271 g/mol. The minimum atomic E-state index is -2.24. The number of aromatic nitrogens is 4. The molecule has 0 unspecified atom stereocenters. The summed E-state index contributed by atoms with van der Waals surface area (Å²) in [7, 11) is 0. The van der Waals surface area contributed by atoms with Gasteiger partial charge in [0.15, 0.2) is 23.0 Å². The molecule has 0 bridgehead atoms. The topological polar surface area (TPSA) is 110 Å². The fourth-order valence-corrected chi connectivity index (χ4v) is 2.32. The first-order valence-corrected chi connectivity index (χ1v) is 5.62. The number of hydrogen-bond donors (Lipinski definition) is 3. The molecule has 2 aromatic rings. The van der Waals surface area contributed by atoms with Crippen LogP contribution in [0.5, 0.6) is 0 Å². The molecule has 19 heavy (non-hydrogen) atoms. The van der Waals surface area contributed by atoms with Crippen molar-refractivity contribution in [1.82, 2.24) is 19.5 Å². The highest BCUT2D eigenvalue weighted by Crippen LogP contribution is 2.47. The Morgan fingerprint density at radius 2 is 2.42 bits per heavy atom. The summed E-state index contributed by atoms with van der Waals surface area (Å²) in [5.41, 5.74) is 2.75. The molecule has 102 valence electrons. The van der Waals surface area contributed by atoms with Crippen LogP contribution in [0.3, 0.4) is 0 Å². The summed E-state index contributed by atoms with van der Waals surface area (Å²) in [5, 5.41) is 8.80. The molecule has 2 heterocycles. The van der Waals surface area contributed by atoms with E-state index >= 15 is 0 Å². The summed E-state index contributed by atoms with van der Waals surface area (Å²) >= 11 is 0. The van der Waals surface area contributed by atoms with Gasteiger partial charge < -0.3 is 15.4 Å². The van der Waals surface area contributed by atoms with Gasteiger partial charge in [-0.15, -0.1) is 0 Å². The van der Waals surface area contributed by atoms with Gasteiger partial charge in [-0.05, 0) is 0 Å². The summed E-state index contributed by atoms with van der Waals surface area (Å²) in [6.45, 7) is -0.882. The fourth-order valence-electron chi connectivity index (χ4n) is 2.32. The maximum Gasteiger partial charge on any atom is 0.280 e. The van der Waals surface area contributed by atoms with Gasteiger partial charge in [-0.1, -0.05) is 0 Å². The standard InChI is InChI=1S/C10H11F2N5O2/c11-6-4(1-10(6,12)2-18)17-3-14-5-7(17)15-9(13)16-8(5)19/h3-4,6,18H,1-2H2,(H3,13,15,16,19)/t4-,6-,10+/m1/s1. The average Bonchev–Trinajstić information content (AvgIpc) is 2.78. The Balaban J connectivity index is 2.06. The molecule has 1 aliphatic rings. The lowest BCUT2D eigenvalue weighted by molar-refractivity contribution is -0.111. The number of H-pyrrole nitrogens is 1. The number of hydrogen-bond acceptors (Lipinski definition) is 5. The molecule has 9 heteroatoms. The predicted molar refractivity (Wildman–Crippen MR) is 62.0 cm³/mol. The Morgan fingerprint density at radius 1 is 1.68 bits per heavy atom. The van der Waals surface area contributed by atoms with Crippen molar-refractivity contribution >= 4 is 17.1 Å². The van der Waals surface area contributed by atoms with Gasteiger partial charge >= 0.3 is 0 Å². The van der Waals surface area contributed by atoms with Crippen LogP contribution in [0, 0.1) is 0 Å². The maximum atomic E-state index is 13.8. The van der Waals surface area contributed by atoms with Gasteiger partial charge in [-0.3, -0.25) is 9.78 Å². The van der Waals surface area contributed by atoms with Crippen LogP contribution in [-0.2, 0) is 0 Å². The number of nitrogens with two attached hydrogens (primary N) is 1. The van der Waals surface area contributed by atoms with Gasteiger partial charge in [-0.2, -0.15) is 4.98 Å². The summed E-state index contributed by atoms with van der Waals surface area (Å²) in [6, 6.07) is -0.851. The van der Waals surface area contributed by atoms with Crippen molar-refractivity contribution in [2.75, 3.05) is 12.3 Å². The summed E-state index contributed by atoms with van der Waals surface area (Å²) in [4.78, 5) is 21.5. The molecule has 1 saturated carbocycles. The van der Waals surface area contributed by atoms with E-state index in [-0.39, 0.29) is 23.5 Å². The number of anilines is 1. The number of nitrogen functional groups attached to an aromatic ring is 1. The first kappa shape index (κ1) is 12.0. The third-order valence-electron chi connectivity index (χ3n) is 3.45. The van der Waals surface area contributed by atoms with E-state index in [4.69, 9.17) is 10.8 Å². The van der Waals surface area contributed by atoms with Crippen LogP contribution in [0.2, 0.25) is 0 Å². The first-order chi connectivity index (χ1) is 8.96. The zero-order chi connectivity index (χ0) is 13.8. The Labute approximate surface area is 105 Å². The van der Waals surface area contributed by atoms with Crippen molar-refractivity contribution in [3.8, 4) is 0 Å². The molecule has 1 fully saturated rings. The number of rotatable bonds is 2. The van der Waals surface area contributed by atoms with E-state index in [0.29, 0.717) is 0 Å². The number of halogens is 2. The van der Waals surface area contributed by atoms with Crippen LogP contribution in [0.25, 0.3) is 11.2 Å². The molecule has 0 amide bonds. The number of aliphatic hydroxyl groups is 1. The molecule has 0 radical (unpaired) electrons. The van der Waals surface area contributed by atoms with Crippen molar-refractivity contribution in [1.29, 1.82) is 0 Å². The summed E-state index contributed by atoms with van der Waals surface area (Å²) in [6.07, 6.45) is -0.859. The van der Waals surface area contributed by atoms with E-state index in [2.05, 4.69) is 15.0 Å². The third-order valence-corrected chi connectivity index (χ3v) is 3.45.